The van der Waals surface area contributed by atoms with Crippen molar-refractivity contribution in [2.75, 3.05) is 19.0 Å². The third-order valence-corrected chi connectivity index (χ3v) is 7.01. The summed E-state index contributed by atoms with van der Waals surface area (Å²) in [5.41, 5.74) is 7.03. The van der Waals surface area contributed by atoms with Crippen molar-refractivity contribution in [2.45, 2.75) is 44.2 Å². The zero-order valence-electron chi connectivity index (χ0n) is 23.2. The number of benzene rings is 3. The molecule has 1 fully saturated rings. The monoisotopic (exact) mass is 573 g/mol. The molecule has 5 rings (SSSR count). The van der Waals surface area contributed by atoms with Gasteiger partial charge in [-0.2, -0.15) is 0 Å². The summed E-state index contributed by atoms with van der Waals surface area (Å²) >= 11 is 0. The fraction of sp³-hybridized carbons (Fsp3) is 0.281. The minimum atomic E-state index is -0.784. The number of pyridine rings is 1. The molecule has 9 nitrogen and oxygen atoms in total. The molecule has 0 aliphatic heterocycles. The zero-order chi connectivity index (χ0) is 29.5. The van der Waals surface area contributed by atoms with Gasteiger partial charge in [-0.15, -0.1) is 0 Å². The number of carbonyl (C=O) groups is 2. The number of halogens is 1. The molecule has 3 aromatic carbocycles. The molecule has 1 aliphatic carbocycles. The summed E-state index contributed by atoms with van der Waals surface area (Å²) in [7, 11) is 1.51. The van der Waals surface area contributed by atoms with Crippen LogP contribution in [-0.4, -0.2) is 42.7 Å². The van der Waals surface area contributed by atoms with Gasteiger partial charge < -0.3 is 30.0 Å². The number of rotatable bonds is 11. The van der Waals surface area contributed by atoms with E-state index in [0.29, 0.717) is 33.7 Å². The Balaban J connectivity index is 1.25. The van der Waals surface area contributed by atoms with Crippen LogP contribution in [0.1, 0.15) is 42.5 Å². The number of esters is 1. The molecule has 42 heavy (non-hydrogen) atoms. The van der Waals surface area contributed by atoms with Crippen molar-refractivity contribution >= 4 is 28.5 Å². The number of carbonyl (C=O) groups excluding carboxylic acids is 2. The van der Waals surface area contributed by atoms with E-state index in [0.717, 1.165) is 25.7 Å². The van der Waals surface area contributed by atoms with E-state index in [1.165, 1.54) is 19.2 Å². The van der Waals surface area contributed by atoms with Crippen LogP contribution in [0.15, 0.2) is 72.9 Å². The molecule has 1 amide bonds. The van der Waals surface area contributed by atoms with Gasteiger partial charge in [-0.25, -0.2) is 4.39 Å². The smallest absolute Gasteiger partial charge is 0.323 e. The highest BCUT2D eigenvalue weighted by molar-refractivity contribution is 6.04. The van der Waals surface area contributed by atoms with Crippen molar-refractivity contribution < 1.29 is 32.9 Å². The maximum atomic E-state index is 14.9. The molecule has 4 aromatic rings. The molecular formula is C32H32FN3O6. The number of methoxy groups -OCH3 is 1. The predicted molar refractivity (Wildman–Crippen MR) is 156 cm³/mol. The Kier molecular flexibility index (Phi) is 9.13. The van der Waals surface area contributed by atoms with Crippen LogP contribution >= 0.6 is 0 Å². The minimum Gasteiger partial charge on any atom is -0.493 e. The quantitative estimate of drug-likeness (QED) is 0.209. The topological polar surface area (TPSA) is 122 Å². The number of hydrogen-bond donors (Lipinski definition) is 2. The molecule has 1 aliphatic rings. The largest absolute Gasteiger partial charge is 0.493 e. The van der Waals surface area contributed by atoms with E-state index in [4.69, 9.17) is 24.7 Å². The molecule has 1 atom stereocenters. The SMILES string of the molecule is COc1cc2c(Oc3ccc(NC(=O)c4ccccc4)c(F)c3)ccnc2cc1OCC[C@H](N)C(=O)OC1CCCC1. The van der Waals surface area contributed by atoms with Crippen LogP contribution in [0.3, 0.4) is 0 Å². The standard InChI is InChI=1S/C32H32FN3O6/c1-39-29-18-23-27(19-30(29)40-16-14-25(34)32(38)42-21-9-5-6-10-21)35-15-13-28(23)41-22-11-12-26(24(33)17-22)36-31(37)20-7-3-2-4-8-20/h2-4,7-8,11-13,15,17-19,21,25H,5-6,9-10,14,16,34H2,1H3,(H,36,37)/t25-/m0/s1. The van der Waals surface area contributed by atoms with Gasteiger partial charge in [0.2, 0.25) is 0 Å². The molecular weight excluding hydrogens is 541 g/mol. The summed E-state index contributed by atoms with van der Waals surface area (Å²) in [5.74, 6) is 0.0243. The van der Waals surface area contributed by atoms with Crippen molar-refractivity contribution in [3.05, 3.63) is 84.3 Å². The molecule has 0 unspecified atom stereocenters. The number of nitrogens with one attached hydrogen (secondary N) is 1. The lowest BCUT2D eigenvalue weighted by molar-refractivity contribution is -0.150. The normalized spacial score (nSPS) is 13.9. The van der Waals surface area contributed by atoms with Crippen LogP contribution in [0.5, 0.6) is 23.0 Å². The van der Waals surface area contributed by atoms with Crippen LogP contribution in [0, 0.1) is 5.82 Å². The lowest BCUT2D eigenvalue weighted by Crippen LogP contribution is -2.35. The van der Waals surface area contributed by atoms with Crippen molar-refractivity contribution in [1.82, 2.24) is 4.98 Å². The van der Waals surface area contributed by atoms with Gasteiger partial charge in [0.15, 0.2) is 11.5 Å². The molecule has 0 saturated heterocycles. The molecule has 0 spiro atoms. The third kappa shape index (κ3) is 6.95. The molecule has 1 saturated carbocycles. The van der Waals surface area contributed by atoms with Gasteiger partial charge in [0.05, 0.1) is 24.9 Å². The van der Waals surface area contributed by atoms with Gasteiger partial charge in [0, 0.05) is 35.7 Å². The highest BCUT2D eigenvalue weighted by Crippen LogP contribution is 2.37. The summed E-state index contributed by atoms with van der Waals surface area (Å²) in [6.07, 6.45) is 5.70. The lowest BCUT2D eigenvalue weighted by Gasteiger charge is -2.17. The van der Waals surface area contributed by atoms with Crippen molar-refractivity contribution in [1.29, 1.82) is 0 Å². The molecule has 10 heteroatoms. The van der Waals surface area contributed by atoms with E-state index in [9.17, 15) is 14.0 Å². The summed E-state index contributed by atoms with van der Waals surface area (Å²) in [4.78, 5) is 29.1. The Morgan fingerprint density at radius 3 is 2.55 bits per heavy atom. The first-order valence-corrected chi connectivity index (χ1v) is 13.8. The van der Waals surface area contributed by atoms with Crippen molar-refractivity contribution in [3.63, 3.8) is 0 Å². The van der Waals surface area contributed by atoms with E-state index in [1.54, 1.807) is 60.8 Å². The van der Waals surface area contributed by atoms with E-state index in [1.807, 2.05) is 0 Å². The second kappa shape index (κ2) is 13.3. The Labute approximate surface area is 242 Å². The van der Waals surface area contributed by atoms with Crippen molar-refractivity contribution in [2.24, 2.45) is 5.73 Å². The molecule has 1 aromatic heterocycles. The van der Waals surface area contributed by atoms with Crippen LogP contribution in [0.2, 0.25) is 0 Å². The number of fused-ring (bicyclic) bond motifs is 1. The maximum absolute atomic E-state index is 14.9. The lowest BCUT2D eigenvalue weighted by atomic mass is 10.1. The first-order chi connectivity index (χ1) is 20.4. The summed E-state index contributed by atoms with van der Waals surface area (Å²) in [5, 5.41) is 3.18. The Bertz CT molecular complexity index is 1560. The predicted octanol–water partition coefficient (Wildman–Crippen LogP) is 6.01. The number of anilines is 1. The molecule has 0 bridgehead atoms. The summed E-state index contributed by atoms with van der Waals surface area (Å²) < 4.78 is 37.8. The maximum Gasteiger partial charge on any atom is 0.323 e. The molecule has 1 heterocycles. The molecule has 218 valence electrons. The van der Waals surface area contributed by atoms with E-state index in [-0.39, 0.29) is 30.6 Å². The summed E-state index contributed by atoms with van der Waals surface area (Å²) in [6.45, 7) is 0.172. The van der Waals surface area contributed by atoms with Crippen LogP contribution in [0.25, 0.3) is 10.9 Å². The first-order valence-electron chi connectivity index (χ1n) is 13.8. The second-order valence-electron chi connectivity index (χ2n) is 9.98. The minimum absolute atomic E-state index is 0.0331. The van der Waals surface area contributed by atoms with E-state index < -0.39 is 23.7 Å². The highest BCUT2D eigenvalue weighted by Gasteiger charge is 2.23. The van der Waals surface area contributed by atoms with E-state index >= 15 is 0 Å². The van der Waals surface area contributed by atoms with Gasteiger partial charge in [-0.1, -0.05) is 18.2 Å². The van der Waals surface area contributed by atoms with Gasteiger partial charge in [0.1, 0.15) is 29.5 Å². The van der Waals surface area contributed by atoms with Gasteiger partial charge >= 0.3 is 5.97 Å². The average Bonchev–Trinajstić information content (AvgIpc) is 3.51. The van der Waals surface area contributed by atoms with Crippen LogP contribution in [-0.2, 0) is 9.53 Å². The molecule has 3 N–H and O–H groups in total. The number of hydrogen-bond acceptors (Lipinski definition) is 8. The number of aromatic nitrogens is 1. The Morgan fingerprint density at radius 1 is 1.02 bits per heavy atom. The van der Waals surface area contributed by atoms with Gasteiger partial charge in [-0.3, -0.25) is 14.6 Å². The number of ether oxygens (including phenoxy) is 4. The van der Waals surface area contributed by atoms with Crippen LogP contribution in [0.4, 0.5) is 10.1 Å². The fourth-order valence-electron chi connectivity index (χ4n) is 4.73. The third-order valence-electron chi connectivity index (χ3n) is 7.01. The first kappa shape index (κ1) is 28.8. The number of nitrogens with zero attached hydrogens (tertiary/aromatic N) is 1. The summed E-state index contributed by atoms with van der Waals surface area (Å²) in [6, 6.07) is 17.0. The van der Waals surface area contributed by atoms with E-state index in [2.05, 4.69) is 10.3 Å². The van der Waals surface area contributed by atoms with Gasteiger partial charge in [-0.05, 0) is 62.1 Å². The van der Waals surface area contributed by atoms with Gasteiger partial charge in [0.25, 0.3) is 5.91 Å². The average molecular weight is 574 g/mol. The number of amides is 1. The second-order valence-corrected chi connectivity index (χ2v) is 9.98. The zero-order valence-corrected chi connectivity index (χ0v) is 23.2. The fourth-order valence-corrected chi connectivity index (χ4v) is 4.73. The number of nitrogens with two attached hydrogens (primary N) is 1. The Hall–Kier alpha value is -4.70. The Morgan fingerprint density at radius 2 is 1.81 bits per heavy atom. The van der Waals surface area contributed by atoms with Crippen molar-refractivity contribution in [3.8, 4) is 23.0 Å². The molecule has 0 radical (unpaired) electrons. The highest BCUT2D eigenvalue weighted by atomic mass is 19.1. The van der Waals surface area contributed by atoms with Crippen LogP contribution < -0.4 is 25.3 Å².